The lowest BCUT2D eigenvalue weighted by atomic mass is 10.1. The highest BCUT2D eigenvalue weighted by atomic mass is 19.1. The Morgan fingerprint density at radius 2 is 2.06 bits per heavy atom. The maximum Gasteiger partial charge on any atom is 0.128 e. The van der Waals surface area contributed by atoms with Gasteiger partial charge in [-0.15, -0.1) is 0 Å². The SMILES string of the molecule is CCCC(C)Oc1cc(F)ccc1[C@@H](C)O. The van der Waals surface area contributed by atoms with Gasteiger partial charge in [0.15, 0.2) is 0 Å². The summed E-state index contributed by atoms with van der Waals surface area (Å²) in [6.07, 6.45) is 1.31. The molecule has 3 heteroatoms. The summed E-state index contributed by atoms with van der Waals surface area (Å²) >= 11 is 0. The second-order valence-corrected chi connectivity index (χ2v) is 4.08. The maximum atomic E-state index is 13.1. The van der Waals surface area contributed by atoms with Gasteiger partial charge in [-0.25, -0.2) is 4.39 Å². The molecule has 0 spiro atoms. The van der Waals surface area contributed by atoms with E-state index in [4.69, 9.17) is 4.74 Å². The van der Waals surface area contributed by atoms with E-state index in [1.54, 1.807) is 13.0 Å². The third kappa shape index (κ3) is 3.49. The fourth-order valence-corrected chi connectivity index (χ4v) is 1.64. The summed E-state index contributed by atoms with van der Waals surface area (Å²) in [5.74, 6) is 0.0963. The summed E-state index contributed by atoms with van der Waals surface area (Å²) < 4.78 is 18.7. The highest BCUT2D eigenvalue weighted by molar-refractivity contribution is 5.35. The Hall–Kier alpha value is -1.09. The largest absolute Gasteiger partial charge is 0.490 e. The van der Waals surface area contributed by atoms with Gasteiger partial charge < -0.3 is 9.84 Å². The summed E-state index contributed by atoms with van der Waals surface area (Å²) in [5, 5.41) is 9.54. The van der Waals surface area contributed by atoms with Crippen LogP contribution in [-0.4, -0.2) is 11.2 Å². The molecule has 1 unspecified atom stereocenters. The van der Waals surface area contributed by atoms with E-state index >= 15 is 0 Å². The molecule has 0 bridgehead atoms. The number of hydrogen-bond acceptors (Lipinski definition) is 2. The number of aliphatic hydroxyl groups is 1. The molecule has 0 amide bonds. The number of hydrogen-bond donors (Lipinski definition) is 1. The number of halogens is 1. The fourth-order valence-electron chi connectivity index (χ4n) is 1.64. The molecule has 0 aliphatic rings. The molecule has 1 rings (SSSR count). The van der Waals surface area contributed by atoms with Crippen molar-refractivity contribution in [1.29, 1.82) is 0 Å². The molecule has 16 heavy (non-hydrogen) atoms. The molecule has 2 atom stereocenters. The van der Waals surface area contributed by atoms with Crippen molar-refractivity contribution in [3.63, 3.8) is 0 Å². The van der Waals surface area contributed by atoms with E-state index in [2.05, 4.69) is 6.92 Å². The lowest BCUT2D eigenvalue weighted by molar-refractivity contribution is 0.173. The first-order chi connectivity index (χ1) is 7.54. The molecule has 0 fully saturated rings. The van der Waals surface area contributed by atoms with E-state index in [1.807, 2.05) is 6.92 Å². The molecule has 0 saturated heterocycles. The van der Waals surface area contributed by atoms with Gasteiger partial charge in [0, 0.05) is 11.6 Å². The normalized spacial score (nSPS) is 14.6. The van der Waals surface area contributed by atoms with Crippen LogP contribution < -0.4 is 4.74 Å². The van der Waals surface area contributed by atoms with E-state index in [0.717, 1.165) is 12.8 Å². The molecule has 2 nitrogen and oxygen atoms in total. The summed E-state index contributed by atoms with van der Waals surface area (Å²) in [6, 6.07) is 4.22. The average Bonchev–Trinajstić information content (AvgIpc) is 2.17. The average molecular weight is 226 g/mol. The summed E-state index contributed by atoms with van der Waals surface area (Å²) in [6.45, 7) is 5.66. The minimum atomic E-state index is -0.649. The summed E-state index contributed by atoms with van der Waals surface area (Å²) in [7, 11) is 0. The summed E-state index contributed by atoms with van der Waals surface area (Å²) in [5.41, 5.74) is 0.629. The Balaban J connectivity index is 2.87. The van der Waals surface area contributed by atoms with Crippen LogP contribution in [0, 0.1) is 5.82 Å². The second kappa shape index (κ2) is 5.85. The van der Waals surface area contributed by atoms with E-state index in [0.29, 0.717) is 11.3 Å². The van der Waals surface area contributed by atoms with Gasteiger partial charge >= 0.3 is 0 Å². The smallest absolute Gasteiger partial charge is 0.128 e. The van der Waals surface area contributed by atoms with E-state index in [-0.39, 0.29) is 11.9 Å². The fraction of sp³-hybridized carbons (Fsp3) is 0.538. The Labute approximate surface area is 96.1 Å². The molecule has 0 heterocycles. The minimum Gasteiger partial charge on any atom is -0.490 e. The highest BCUT2D eigenvalue weighted by Crippen LogP contribution is 2.27. The molecular formula is C13H19FO2. The Kier molecular flexibility index (Phi) is 4.74. The lowest BCUT2D eigenvalue weighted by Crippen LogP contribution is -2.13. The van der Waals surface area contributed by atoms with Crippen LogP contribution in [0.25, 0.3) is 0 Å². The Morgan fingerprint density at radius 3 is 2.62 bits per heavy atom. The van der Waals surface area contributed by atoms with Crippen molar-refractivity contribution in [2.75, 3.05) is 0 Å². The minimum absolute atomic E-state index is 0.0318. The van der Waals surface area contributed by atoms with Crippen LogP contribution >= 0.6 is 0 Å². The lowest BCUT2D eigenvalue weighted by Gasteiger charge is -2.18. The van der Waals surface area contributed by atoms with Gasteiger partial charge in [0.2, 0.25) is 0 Å². The number of benzene rings is 1. The third-order valence-corrected chi connectivity index (χ3v) is 2.45. The standard InChI is InChI=1S/C13H19FO2/c1-4-5-9(2)16-13-8-11(14)6-7-12(13)10(3)15/h6-10,15H,4-5H2,1-3H3/t9?,10-/m1/s1. The molecule has 1 aromatic carbocycles. The third-order valence-electron chi connectivity index (χ3n) is 2.45. The van der Waals surface area contributed by atoms with Crippen molar-refractivity contribution in [3.8, 4) is 5.75 Å². The van der Waals surface area contributed by atoms with Crippen LogP contribution in [0.3, 0.4) is 0 Å². The van der Waals surface area contributed by atoms with Crippen LogP contribution in [-0.2, 0) is 0 Å². The van der Waals surface area contributed by atoms with Crippen molar-refractivity contribution in [2.45, 2.75) is 45.8 Å². The van der Waals surface area contributed by atoms with Crippen LogP contribution in [0.4, 0.5) is 4.39 Å². The van der Waals surface area contributed by atoms with Gasteiger partial charge in [-0.2, -0.15) is 0 Å². The first-order valence-electron chi connectivity index (χ1n) is 5.68. The van der Waals surface area contributed by atoms with Crippen LogP contribution in [0.2, 0.25) is 0 Å². The van der Waals surface area contributed by atoms with Gasteiger partial charge in [-0.1, -0.05) is 13.3 Å². The first-order valence-corrected chi connectivity index (χ1v) is 5.68. The molecule has 0 aliphatic carbocycles. The van der Waals surface area contributed by atoms with Crippen molar-refractivity contribution in [1.82, 2.24) is 0 Å². The van der Waals surface area contributed by atoms with Crippen molar-refractivity contribution in [2.24, 2.45) is 0 Å². The van der Waals surface area contributed by atoms with Gasteiger partial charge in [0.25, 0.3) is 0 Å². The maximum absolute atomic E-state index is 13.1. The van der Waals surface area contributed by atoms with E-state index in [1.165, 1.54) is 12.1 Å². The quantitative estimate of drug-likeness (QED) is 0.833. The monoisotopic (exact) mass is 226 g/mol. The van der Waals surface area contributed by atoms with Crippen molar-refractivity contribution >= 4 is 0 Å². The van der Waals surface area contributed by atoms with Crippen molar-refractivity contribution < 1.29 is 14.2 Å². The zero-order valence-corrected chi connectivity index (χ0v) is 10.0. The van der Waals surface area contributed by atoms with Gasteiger partial charge in [0.05, 0.1) is 12.2 Å². The Morgan fingerprint density at radius 1 is 1.38 bits per heavy atom. The predicted molar refractivity (Wildman–Crippen MR) is 62.0 cm³/mol. The van der Waals surface area contributed by atoms with E-state index in [9.17, 15) is 9.50 Å². The van der Waals surface area contributed by atoms with Crippen LogP contribution in [0.5, 0.6) is 5.75 Å². The molecule has 0 aromatic heterocycles. The van der Waals surface area contributed by atoms with E-state index < -0.39 is 6.10 Å². The van der Waals surface area contributed by atoms with Gasteiger partial charge in [-0.05, 0) is 32.4 Å². The molecule has 0 saturated carbocycles. The van der Waals surface area contributed by atoms with Gasteiger partial charge in [0.1, 0.15) is 11.6 Å². The van der Waals surface area contributed by atoms with Gasteiger partial charge in [-0.3, -0.25) is 0 Å². The summed E-state index contributed by atoms with van der Waals surface area (Å²) in [4.78, 5) is 0. The highest BCUT2D eigenvalue weighted by Gasteiger charge is 2.12. The topological polar surface area (TPSA) is 29.5 Å². The molecule has 90 valence electrons. The van der Waals surface area contributed by atoms with Crippen molar-refractivity contribution in [3.05, 3.63) is 29.6 Å². The number of ether oxygens (including phenoxy) is 1. The zero-order chi connectivity index (χ0) is 12.1. The number of aliphatic hydroxyl groups excluding tert-OH is 1. The number of rotatable bonds is 5. The second-order valence-electron chi connectivity index (χ2n) is 4.08. The molecule has 0 aliphatic heterocycles. The zero-order valence-electron chi connectivity index (χ0n) is 10.0. The molecular weight excluding hydrogens is 207 g/mol. The van der Waals surface area contributed by atoms with Crippen LogP contribution in [0.1, 0.15) is 45.3 Å². The van der Waals surface area contributed by atoms with Crippen LogP contribution in [0.15, 0.2) is 18.2 Å². The Bertz CT molecular complexity index is 337. The molecule has 1 aromatic rings. The predicted octanol–water partition coefficient (Wildman–Crippen LogP) is 3.45. The molecule has 1 N–H and O–H groups in total. The first kappa shape index (κ1) is 13.0. The molecule has 0 radical (unpaired) electrons.